The van der Waals surface area contributed by atoms with Gasteiger partial charge in [-0.2, -0.15) is 5.26 Å². The number of aromatic nitrogens is 1. The summed E-state index contributed by atoms with van der Waals surface area (Å²) in [4.78, 5) is 16.6. The number of rotatable bonds is 9. The van der Waals surface area contributed by atoms with Crippen molar-refractivity contribution in [3.05, 3.63) is 82.9 Å². The topological polar surface area (TPSA) is 102 Å². The fraction of sp³-hybridized carbons (Fsp3) is 0.148. The molecule has 0 spiro atoms. The van der Waals surface area contributed by atoms with E-state index >= 15 is 0 Å². The van der Waals surface area contributed by atoms with Crippen LogP contribution in [0.25, 0.3) is 21.7 Å². The van der Waals surface area contributed by atoms with E-state index in [2.05, 4.69) is 6.07 Å². The zero-order valence-corrected chi connectivity index (χ0v) is 20.0. The summed E-state index contributed by atoms with van der Waals surface area (Å²) < 4.78 is 16.5. The number of aliphatic carboxylic acids is 1. The quantitative estimate of drug-likeness (QED) is 0.323. The maximum absolute atomic E-state index is 10.7. The van der Waals surface area contributed by atoms with Crippen molar-refractivity contribution in [2.24, 2.45) is 0 Å². The van der Waals surface area contributed by atoms with Gasteiger partial charge in [-0.25, -0.2) is 9.78 Å². The van der Waals surface area contributed by atoms with E-state index in [-0.39, 0.29) is 6.61 Å². The highest BCUT2D eigenvalue weighted by Gasteiger charge is 2.16. The Morgan fingerprint density at radius 3 is 2.31 bits per heavy atom. The van der Waals surface area contributed by atoms with Crippen molar-refractivity contribution < 1.29 is 24.1 Å². The molecule has 3 aromatic carbocycles. The third-order valence-electron chi connectivity index (χ3n) is 5.17. The zero-order chi connectivity index (χ0) is 24.8. The molecule has 1 heterocycles. The normalized spacial score (nSPS) is 10.4. The fourth-order valence-corrected chi connectivity index (χ4v) is 4.43. The zero-order valence-electron chi connectivity index (χ0n) is 19.1. The van der Waals surface area contributed by atoms with Crippen LogP contribution in [0.5, 0.6) is 17.2 Å². The Morgan fingerprint density at radius 1 is 1.00 bits per heavy atom. The van der Waals surface area contributed by atoms with Crippen molar-refractivity contribution >= 4 is 17.3 Å². The van der Waals surface area contributed by atoms with Gasteiger partial charge in [-0.05, 0) is 72.6 Å². The first-order valence-corrected chi connectivity index (χ1v) is 11.5. The van der Waals surface area contributed by atoms with Crippen LogP contribution in [0.4, 0.5) is 0 Å². The van der Waals surface area contributed by atoms with E-state index in [0.29, 0.717) is 17.1 Å². The number of aryl methyl sites for hydroxylation is 1. The first-order valence-electron chi connectivity index (χ1n) is 10.7. The molecular weight excluding hydrogens is 464 g/mol. The molecule has 4 rings (SSSR count). The second-order valence-corrected chi connectivity index (χ2v) is 8.69. The fourth-order valence-electron chi connectivity index (χ4n) is 3.42. The van der Waals surface area contributed by atoms with Gasteiger partial charge < -0.3 is 19.3 Å². The van der Waals surface area contributed by atoms with Crippen LogP contribution in [-0.4, -0.2) is 29.8 Å². The van der Waals surface area contributed by atoms with Gasteiger partial charge in [0.1, 0.15) is 28.9 Å². The van der Waals surface area contributed by atoms with Crippen molar-refractivity contribution in [3.8, 4) is 45.0 Å². The van der Waals surface area contributed by atoms with Gasteiger partial charge >= 0.3 is 5.97 Å². The van der Waals surface area contributed by atoms with Crippen LogP contribution in [0, 0.1) is 18.3 Å². The smallest absolute Gasteiger partial charge is 0.341 e. The molecule has 0 saturated carbocycles. The lowest BCUT2D eigenvalue weighted by molar-refractivity contribution is -0.139. The van der Waals surface area contributed by atoms with Gasteiger partial charge in [-0.15, -0.1) is 11.3 Å². The molecular formula is C27H22N2O5S. The summed E-state index contributed by atoms with van der Waals surface area (Å²) >= 11 is 1.53. The summed E-state index contributed by atoms with van der Waals surface area (Å²) in [5, 5.41) is 18.7. The third-order valence-corrected chi connectivity index (χ3v) is 6.25. The molecule has 0 bridgehead atoms. The van der Waals surface area contributed by atoms with E-state index in [4.69, 9.17) is 29.6 Å². The highest BCUT2D eigenvalue weighted by Crippen LogP contribution is 2.38. The second kappa shape index (κ2) is 10.7. The molecule has 0 unspecified atom stereocenters. The number of nitrogens with zero attached hydrogens (tertiary/aromatic N) is 2. The molecule has 0 radical (unpaired) electrons. The van der Waals surface area contributed by atoms with Crippen LogP contribution >= 0.6 is 11.3 Å². The second-order valence-electron chi connectivity index (χ2n) is 7.60. The molecule has 0 saturated heterocycles. The SMILES string of the molecule is COc1ccc(-c2nc(COc3ccc(OCC(=O)O)c(C)c3)sc2-c2ccc(C#N)cc2)cc1. The lowest BCUT2D eigenvalue weighted by Gasteiger charge is -2.09. The minimum Gasteiger partial charge on any atom is -0.497 e. The third kappa shape index (κ3) is 5.78. The Balaban J connectivity index is 1.59. The van der Waals surface area contributed by atoms with Gasteiger partial charge in [0.15, 0.2) is 6.61 Å². The standard InChI is InChI=1S/C27H22N2O5S/c1-17-13-22(11-12-23(17)34-16-25(30)31)33-15-24-29-26(19-7-9-21(32-2)10-8-19)27(35-24)20-5-3-18(14-28)4-6-20/h3-13H,15-16H2,1-2H3,(H,30,31). The van der Waals surface area contributed by atoms with Gasteiger partial charge in [-0.1, -0.05) is 12.1 Å². The minimum atomic E-state index is -1.03. The molecule has 0 atom stereocenters. The van der Waals surface area contributed by atoms with Crippen LogP contribution in [0.3, 0.4) is 0 Å². The Kier molecular flexibility index (Phi) is 7.29. The van der Waals surface area contributed by atoms with E-state index in [9.17, 15) is 4.79 Å². The summed E-state index contributed by atoms with van der Waals surface area (Å²) in [6.45, 7) is 1.70. The number of methoxy groups -OCH3 is 1. The van der Waals surface area contributed by atoms with E-state index < -0.39 is 12.6 Å². The number of carboxylic acid groups (broad SMARTS) is 1. The number of hydrogen-bond acceptors (Lipinski definition) is 7. The van der Waals surface area contributed by atoms with E-state index in [1.807, 2.05) is 43.3 Å². The molecule has 4 aromatic rings. The summed E-state index contributed by atoms with van der Waals surface area (Å²) in [5.74, 6) is 0.864. The van der Waals surface area contributed by atoms with Crippen molar-refractivity contribution in [1.29, 1.82) is 5.26 Å². The molecule has 1 aromatic heterocycles. The lowest BCUT2D eigenvalue weighted by atomic mass is 10.1. The van der Waals surface area contributed by atoms with Crippen LogP contribution in [0.15, 0.2) is 66.7 Å². The van der Waals surface area contributed by atoms with Crippen LogP contribution < -0.4 is 14.2 Å². The summed E-state index contributed by atoms with van der Waals surface area (Å²) in [6.07, 6.45) is 0. The van der Waals surface area contributed by atoms with Gasteiger partial charge in [0, 0.05) is 5.56 Å². The predicted octanol–water partition coefficient (Wildman–Crippen LogP) is 5.71. The van der Waals surface area contributed by atoms with Crippen molar-refractivity contribution in [1.82, 2.24) is 4.98 Å². The molecule has 35 heavy (non-hydrogen) atoms. The number of hydrogen-bond donors (Lipinski definition) is 1. The molecule has 0 aliphatic heterocycles. The molecule has 176 valence electrons. The molecule has 7 nitrogen and oxygen atoms in total. The molecule has 0 aliphatic carbocycles. The lowest BCUT2D eigenvalue weighted by Crippen LogP contribution is -2.10. The van der Waals surface area contributed by atoms with Gasteiger partial charge in [0.2, 0.25) is 0 Å². The summed E-state index contributed by atoms with van der Waals surface area (Å²) in [5.41, 5.74) is 4.12. The average Bonchev–Trinajstić information content (AvgIpc) is 3.31. The highest BCUT2D eigenvalue weighted by atomic mass is 32.1. The van der Waals surface area contributed by atoms with Crippen LogP contribution in [0.1, 0.15) is 16.1 Å². The summed E-state index contributed by atoms with van der Waals surface area (Å²) in [6, 6.07) is 22.5. The van der Waals surface area contributed by atoms with Crippen molar-refractivity contribution in [2.45, 2.75) is 13.5 Å². The number of carbonyl (C=O) groups is 1. The Bertz CT molecular complexity index is 1370. The molecule has 1 N–H and O–H groups in total. The molecule has 0 aliphatic rings. The maximum atomic E-state index is 10.7. The van der Waals surface area contributed by atoms with Gasteiger partial charge in [-0.3, -0.25) is 0 Å². The molecule has 0 amide bonds. The average molecular weight is 487 g/mol. The van der Waals surface area contributed by atoms with Crippen LogP contribution in [0.2, 0.25) is 0 Å². The molecule has 0 fully saturated rings. The van der Waals surface area contributed by atoms with Gasteiger partial charge in [0.05, 0.1) is 29.3 Å². The van der Waals surface area contributed by atoms with Gasteiger partial charge in [0.25, 0.3) is 0 Å². The number of benzene rings is 3. The summed E-state index contributed by atoms with van der Waals surface area (Å²) in [7, 11) is 1.63. The van der Waals surface area contributed by atoms with E-state index in [0.717, 1.165) is 38.0 Å². The number of thiazole rings is 1. The number of nitriles is 1. The monoisotopic (exact) mass is 486 g/mol. The number of ether oxygens (including phenoxy) is 3. The van der Waals surface area contributed by atoms with Crippen molar-refractivity contribution in [3.63, 3.8) is 0 Å². The van der Waals surface area contributed by atoms with Crippen molar-refractivity contribution in [2.75, 3.05) is 13.7 Å². The predicted molar refractivity (Wildman–Crippen MR) is 133 cm³/mol. The Morgan fingerprint density at radius 2 is 1.69 bits per heavy atom. The van der Waals surface area contributed by atoms with E-state index in [1.54, 1.807) is 37.4 Å². The largest absolute Gasteiger partial charge is 0.497 e. The molecule has 8 heteroatoms. The number of carboxylic acids is 1. The Hall–Kier alpha value is -4.35. The highest BCUT2D eigenvalue weighted by molar-refractivity contribution is 7.15. The first kappa shape index (κ1) is 23.8. The minimum absolute atomic E-state index is 0.263. The Labute approximate surface area is 206 Å². The first-order chi connectivity index (χ1) is 17.0. The maximum Gasteiger partial charge on any atom is 0.341 e. The van der Waals surface area contributed by atoms with Crippen LogP contribution in [-0.2, 0) is 11.4 Å². The van der Waals surface area contributed by atoms with E-state index in [1.165, 1.54) is 11.3 Å².